The van der Waals surface area contributed by atoms with E-state index in [0.717, 1.165) is 27.2 Å². The molecule has 0 aliphatic carbocycles. The summed E-state index contributed by atoms with van der Waals surface area (Å²) in [7, 11) is 0. The molecule has 3 aromatic rings. The first-order chi connectivity index (χ1) is 16.4. The number of amides is 2. The summed E-state index contributed by atoms with van der Waals surface area (Å²) >= 11 is 3.62. The SMILES string of the molecule is CC[C@@H](C)NC(=O)[C@H](CC)N(CCc1ccccc1)C(=O)COc1ccc2ccccc2c1Br. The van der Waals surface area contributed by atoms with E-state index in [0.29, 0.717) is 25.1 Å². The molecule has 0 saturated carbocycles. The summed E-state index contributed by atoms with van der Waals surface area (Å²) in [6.07, 6.45) is 2.03. The van der Waals surface area contributed by atoms with Crippen molar-refractivity contribution in [2.75, 3.05) is 13.2 Å². The fourth-order valence-corrected chi connectivity index (χ4v) is 4.49. The van der Waals surface area contributed by atoms with Gasteiger partial charge in [-0.15, -0.1) is 0 Å². The third-order valence-corrected chi connectivity index (χ3v) is 6.87. The number of benzene rings is 3. The van der Waals surface area contributed by atoms with Gasteiger partial charge in [0.25, 0.3) is 5.91 Å². The van der Waals surface area contributed by atoms with Gasteiger partial charge in [-0.05, 0) is 64.5 Å². The number of hydrogen-bond donors (Lipinski definition) is 1. The predicted octanol–water partition coefficient (Wildman–Crippen LogP) is 5.75. The van der Waals surface area contributed by atoms with Gasteiger partial charge in [0.2, 0.25) is 5.91 Å². The van der Waals surface area contributed by atoms with Crippen molar-refractivity contribution in [2.24, 2.45) is 0 Å². The molecule has 0 bridgehead atoms. The van der Waals surface area contributed by atoms with Crippen molar-refractivity contribution in [3.05, 3.63) is 76.8 Å². The minimum Gasteiger partial charge on any atom is -0.483 e. The molecule has 6 heteroatoms. The molecule has 0 aliphatic rings. The van der Waals surface area contributed by atoms with Crippen LogP contribution in [-0.2, 0) is 16.0 Å². The lowest BCUT2D eigenvalue weighted by molar-refractivity contribution is -0.142. The van der Waals surface area contributed by atoms with Gasteiger partial charge in [0.05, 0.1) is 4.47 Å². The van der Waals surface area contributed by atoms with E-state index in [1.165, 1.54) is 0 Å². The molecule has 3 aromatic carbocycles. The van der Waals surface area contributed by atoms with Gasteiger partial charge >= 0.3 is 0 Å². The fourth-order valence-electron chi connectivity index (χ4n) is 3.88. The van der Waals surface area contributed by atoms with E-state index in [9.17, 15) is 9.59 Å². The summed E-state index contributed by atoms with van der Waals surface area (Å²) in [5, 5.41) is 5.15. The van der Waals surface area contributed by atoms with Crippen LogP contribution in [0.5, 0.6) is 5.75 Å². The van der Waals surface area contributed by atoms with Crippen LogP contribution >= 0.6 is 15.9 Å². The lowest BCUT2D eigenvalue weighted by atomic mass is 10.1. The van der Waals surface area contributed by atoms with Crippen LogP contribution in [0, 0.1) is 0 Å². The summed E-state index contributed by atoms with van der Waals surface area (Å²) in [5.74, 6) is 0.277. The van der Waals surface area contributed by atoms with Crippen molar-refractivity contribution in [3.63, 3.8) is 0 Å². The van der Waals surface area contributed by atoms with Crippen LogP contribution < -0.4 is 10.1 Å². The summed E-state index contributed by atoms with van der Waals surface area (Å²) < 4.78 is 6.76. The largest absolute Gasteiger partial charge is 0.483 e. The molecule has 0 saturated heterocycles. The highest BCUT2D eigenvalue weighted by Crippen LogP contribution is 2.33. The maximum Gasteiger partial charge on any atom is 0.261 e. The quantitative estimate of drug-likeness (QED) is 0.347. The summed E-state index contributed by atoms with van der Waals surface area (Å²) in [6, 6.07) is 21.3. The fraction of sp³-hybridized carbons (Fsp3) is 0.357. The van der Waals surface area contributed by atoms with E-state index in [4.69, 9.17) is 4.74 Å². The molecule has 0 aliphatic heterocycles. The lowest BCUT2D eigenvalue weighted by Crippen LogP contribution is -2.52. The van der Waals surface area contributed by atoms with Crippen LogP contribution in [-0.4, -0.2) is 41.9 Å². The number of carbonyl (C=O) groups excluding carboxylic acids is 2. The molecule has 34 heavy (non-hydrogen) atoms. The molecule has 5 nitrogen and oxygen atoms in total. The van der Waals surface area contributed by atoms with Gasteiger partial charge in [-0.1, -0.05) is 74.5 Å². The Bertz CT molecular complexity index is 1100. The van der Waals surface area contributed by atoms with Crippen molar-refractivity contribution < 1.29 is 14.3 Å². The number of fused-ring (bicyclic) bond motifs is 1. The Balaban J connectivity index is 1.77. The average molecular weight is 525 g/mol. The van der Waals surface area contributed by atoms with Gasteiger partial charge in [-0.25, -0.2) is 0 Å². The van der Waals surface area contributed by atoms with Crippen LogP contribution in [0.15, 0.2) is 71.2 Å². The molecule has 2 atom stereocenters. The molecule has 0 unspecified atom stereocenters. The second-order valence-electron chi connectivity index (χ2n) is 8.45. The highest BCUT2D eigenvalue weighted by Gasteiger charge is 2.29. The Kier molecular flexibility index (Phi) is 9.52. The smallest absolute Gasteiger partial charge is 0.261 e. The second-order valence-corrected chi connectivity index (χ2v) is 9.25. The van der Waals surface area contributed by atoms with E-state index in [-0.39, 0.29) is 24.5 Å². The van der Waals surface area contributed by atoms with Gasteiger partial charge < -0.3 is 15.0 Å². The highest BCUT2D eigenvalue weighted by molar-refractivity contribution is 9.10. The molecule has 0 aromatic heterocycles. The zero-order valence-electron chi connectivity index (χ0n) is 20.1. The summed E-state index contributed by atoms with van der Waals surface area (Å²) in [5.41, 5.74) is 1.12. The van der Waals surface area contributed by atoms with E-state index in [1.807, 2.05) is 87.5 Å². The summed E-state index contributed by atoms with van der Waals surface area (Å²) in [4.78, 5) is 28.1. The first-order valence-corrected chi connectivity index (χ1v) is 12.7. The number of nitrogens with one attached hydrogen (secondary N) is 1. The van der Waals surface area contributed by atoms with Crippen molar-refractivity contribution in [2.45, 2.75) is 52.1 Å². The lowest BCUT2D eigenvalue weighted by Gasteiger charge is -2.31. The van der Waals surface area contributed by atoms with E-state index in [1.54, 1.807) is 4.90 Å². The Morgan fingerprint density at radius 2 is 1.68 bits per heavy atom. The third-order valence-electron chi connectivity index (χ3n) is 6.05. The molecule has 2 amide bonds. The van der Waals surface area contributed by atoms with Crippen molar-refractivity contribution in [3.8, 4) is 5.75 Å². The van der Waals surface area contributed by atoms with E-state index >= 15 is 0 Å². The van der Waals surface area contributed by atoms with Crippen molar-refractivity contribution >= 4 is 38.5 Å². The Hall–Kier alpha value is -2.86. The number of ether oxygens (including phenoxy) is 1. The second kappa shape index (κ2) is 12.6. The Labute approximate surface area is 210 Å². The molecular formula is C28H33BrN2O3. The van der Waals surface area contributed by atoms with Crippen molar-refractivity contribution in [1.29, 1.82) is 0 Å². The highest BCUT2D eigenvalue weighted by atomic mass is 79.9. The average Bonchev–Trinajstić information content (AvgIpc) is 2.86. The van der Waals surface area contributed by atoms with Crippen LogP contribution in [0.3, 0.4) is 0 Å². The monoisotopic (exact) mass is 524 g/mol. The molecule has 1 N–H and O–H groups in total. The topological polar surface area (TPSA) is 58.6 Å². The maximum absolute atomic E-state index is 13.4. The molecule has 180 valence electrons. The summed E-state index contributed by atoms with van der Waals surface area (Å²) in [6.45, 7) is 6.24. The molecule has 0 heterocycles. The molecule has 0 fully saturated rings. The first kappa shape index (κ1) is 25.8. The minimum atomic E-state index is -0.547. The Morgan fingerprint density at radius 1 is 0.971 bits per heavy atom. The molecule has 3 rings (SSSR count). The molecule has 0 spiro atoms. The maximum atomic E-state index is 13.4. The molecular weight excluding hydrogens is 492 g/mol. The normalized spacial score (nSPS) is 12.7. The number of rotatable bonds is 11. The number of carbonyl (C=O) groups is 2. The number of halogens is 1. The zero-order chi connectivity index (χ0) is 24.5. The van der Waals surface area contributed by atoms with Gasteiger partial charge in [0.15, 0.2) is 6.61 Å². The van der Waals surface area contributed by atoms with Crippen LogP contribution in [0.2, 0.25) is 0 Å². The van der Waals surface area contributed by atoms with Crippen molar-refractivity contribution in [1.82, 2.24) is 10.2 Å². The third kappa shape index (κ3) is 6.60. The molecule has 0 radical (unpaired) electrons. The Morgan fingerprint density at radius 3 is 2.38 bits per heavy atom. The first-order valence-electron chi connectivity index (χ1n) is 11.9. The minimum absolute atomic E-state index is 0.0532. The predicted molar refractivity (Wildman–Crippen MR) is 141 cm³/mol. The number of hydrogen-bond acceptors (Lipinski definition) is 3. The van der Waals surface area contributed by atoms with Crippen LogP contribution in [0.25, 0.3) is 10.8 Å². The van der Waals surface area contributed by atoms with E-state index in [2.05, 4.69) is 21.2 Å². The standard InChI is InChI=1S/C28H33BrN2O3/c1-4-20(3)30-28(33)24(5-2)31(18-17-21-11-7-6-8-12-21)26(32)19-34-25-16-15-22-13-9-10-14-23(22)27(25)29/h6-16,20,24H,4-5,17-19H2,1-3H3,(H,30,33)/t20-,24+/m1/s1. The van der Waals surface area contributed by atoms with Gasteiger partial charge in [-0.2, -0.15) is 0 Å². The number of nitrogens with zero attached hydrogens (tertiary/aromatic N) is 1. The van der Waals surface area contributed by atoms with Gasteiger partial charge in [0.1, 0.15) is 11.8 Å². The van der Waals surface area contributed by atoms with Crippen LogP contribution in [0.4, 0.5) is 0 Å². The van der Waals surface area contributed by atoms with Gasteiger partial charge in [0, 0.05) is 12.6 Å². The van der Waals surface area contributed by atoms with Gasteiger partial charge in [-0.3, -0.25) is 9.59 Å². The zero-order valence-corrected chi connectivity index (χ0v) is 21.7. The van der Waals surface area contributed by atoms with Crippen LogP contribution in [0.1, 0.15) is 39.2 Å². The van der Waals surface area contributed by atoms with E-state index < -0.39 is 6.04 Å².